The van der Waals surface area contributed by atoms with Crippen LogP contribution in [0.15, 0.2) is 48.8 Å². The van der Waals surface area contributed by atoms with E-state index >= 15 is 0 Å². The van der Waals surface area contributed by atoms with Crippen molar-refractivity contribution >= 4 is 16.6 Å². The molecule has 0 N–H and O–H groups in total. The summed E-state index contributed by atoms with van der Waals surface area (Å²) in [5.41, 5.74) is 1.07. The Morgan fingerprint density at radius 2 is 1.12 bits per heavy atom. The standard InChI is InChI=1S/C25H41N3O4Si2/c1-24(2,3)33(7,8)31-22(19-15-11-13-17-26-19)21(28(29)30)23(20-16-12-14-18-27-20)32-34(9,10)25(4,5)6/h11-18,21-23H,1-10H3. The summed E-state index contributed by atoms with van der Waals surface area (Å²) < 4.78 is 13.5. The van der Waals surface area contributed by atoms with E-state index in [9.17, 15) is 10.1 Å². The van der Waals surface area contributed by atoms with E-state index in [1.807, 2.05) is 12.1 Å². The first-order valence-corrected chi connectivity index (χ1v) is 17.6. The van der Waals surface area contributed by atoms with Crippen molar-refractivity contribution in [2.75, 3.05) is 0 Å². The second-order valence-electron chi connectivity index (χ2n) is 11.9. The van der Waals surface area contributed by atoms with E-state index < -0.39 is 34.9 Å². The van der Waals surface area contributed by atoms with Gasteiger partial charge >= 0.3 is 0 Å². The first-order chi connectivity index (χ1) is 15.5. The number of aromatic nitrogens is 2. The number of pyridine rings is 2. The molecule has 0 radical (unpaired) electrons. The van der Waals surface area contributed by atoms with Crippen molar-refractivity contribution in [2.24, 2.45) is 0 Å². The van der Waals surface area contributed by atoms with Gasteiger partial charge in [-0.25, -0.2) is 0 Å². The molecule has 9 heteroatoms. The van der Waals surface area contributed by atoms with Gasteiger partial charge in [0, 0.05) is 17.3 Å². The zero-order valence-corrected chi connectivity index (χ0v) is 24.3. The van der Waals surface area contributed by atoms with Crippen LogP contribution >= 0.6 is 0 Å². The van der Waals surface area contributed by atoms with E-state index in [2.05, 4.69) is 77.7 Å². The molecular weight excluding hydrogens is 462 g/mol. The average molecular weight is 504 g/mol. The van der Waals surface area contributed by atoms with Crippen LogP contribution in [-0.2, 0) is 8.85 Å². The Morgan fingerprint density at radius 1 is 0.765 bits per heavy atom. The highest BCUT2D eigenvalue weighted by Crippen LogP contribution is 2.45. The highest BCUT2D eigenvalue weighted by atomic mass is 28.4. The summed E-state index contributed by atoms with van der Waals surface area (Å²) in [7, 11) is -4.82. The van der Waals surface area contributed by atoms with Crippen LogP contribution in [0.3, 0.4) is 0 Å². The molecule has 2 atom stereocenters. The summed E-state index contributed by atoms with van der Waals surface area (Å²) in [5.74, 6) is 0. The number of hydrogen-bond acceptors (Lipinski definition) is 6. The lowest BCUT2D eigenvalue weighted by Gasteiger charge is -2.43. The van der Waals surface area contributed by atoms with E-state index in [0.717, 1.165) is 0 Å². The Bertz CT molecular complexity index is 871. The van der Waals surface area contributed by atoms with Gasteiger partial charge in [0.15, 0.2) is 28.8 Å². The molecule has 7 nitrogen and oxygen atoms in total. The highest BCUT2D eigenvalue weighted by Gasteiger charge is 2.52. The second-order valence-corrected chi connectivity index (χ2v) is 21.4. The fourth-order valence-electron chi connectivity index (χ4n) is 3.07. The Kier molecular flexibility index (Phi) is 8.61. The topological polar surface area (TPSA) is 87.4 Å². The predicted molar refractivity (Wildman–Crippen MR) is 141 cm³/mol. The zero-order valence-electron chi connectivity index (χ0n) is 22.3. The molecule has 34 heavy (non-hydrogen) atoms. The van der Waals surface area contributed by atoms with Crippen LogP contribution in [0.1, 0.15) is 65.1 Å². The van der Waals surface area contributed by atoms with Gasteiger partial charge in [-0.05, 0) is 60.5 Å². The van der Waals surface area contributed by atoms with Crippen molar-refractivity contribution < 1.29 is 13.8 Å². The number of nitro groups is 1. The van der Waals surface area contributed by atoms with Crippen LogP contribution in [-0.4, -0.2) is 37.6 Å². The Morgan fingerprint density at radius 3 is 1.35 bits per heavy atom. The fraction of sp³-hybridized carbons (Fsp3) is 0.600. The molecule has 2 aromatic rings. The number of nitrogens with zero attached hydrogens (tertiary/aromatic N) is 3. The minimum Gasteiger partial charge on any atom is -0.402 e. The van der Waals surface area contributed by atoms with Crippen molar-refractivity contribution in [1.29, 1.82) is 0 Å². The Balaban J connectivity index is 2.71. The first-order valence-electron chi connectivity index (χ1n) is 11.8. The normalized spacial score (nSPS) is 16.1. The SMILES string of the molecule is CC(C)(C)[Si](C)(C)OC(c1ccccn1)C(C(O[Si](C)(C)C(C)(C)C)c1ccccn1)[N+](=O)[O-]. The van der Waals surface area contributed by atoms with E-state index in [4.69, 9.17) is 8.85 Å². The minimum atomic E-state index is -2.41. The van der Waals surface area contributed by atoms with Crippen LogP contribution in [0, 0.1) is 10.1 Å². The summed E-state index contributed by atoms with van der Waals surface area (Å²) in [6, 6.07) is 9.67. The van der Waals surface area contributed by atoms with Crippen LogP contribution in [0.5, 0.6) is 0 Å². The second kappa shape index (κ2) is 10.4. The largest absolute Gasteiger partial charge is 0.402 e. The van der Waals surface area contributed by atoms with Crippen molar-refractivity contribution in [3.8, 4) is 0 Å². The van der Waals surface area contributed by atoms with Gasteiger partial charge in [-0.3, -0.25) is 20.1 Å². The van der Waals surface area contributed by atoms with Crippen LogP contribution < -0.4 is 0 Å². The molecule has 0 amide bonds. The molecule has 0 spiro atoms. The summed E-state index contributed by atoms with van der Waals surface area (Å²) in [6.07, 6.45) is 1.54. The quantitative estimate of drug-likeness (QED) is 0.209. The van der Waals surface area contributed by atoms with E-state index in [1.54, 1.807) is 36.7 Å². The number of hydrogen-bond donors (Lipinski definition) is 0. The molecular formula is C25H41N3O4Si2. The van der Waals surface area contributed by atoms with Crippen LogP contribution in [0.4, 0.5) is 0 Å². The van der Waals surface area contributed by atoms with Gasteiger partial charge in [-0.1, -0.05) is 53.7 Å². The average Bonchev–Trinajstić information content (AvgIpc) is 2.71. The van der Waals surface area contributed by atoms with E-state index in [0.29, 0.717) is 11.4 Å². The molecule has 0 aromatic carbocycles. The molecule has 2 rings (SSSR count). The third-order valence-electron chi connectivity index (χ3n) is 7.28. The summed E-state index contributed by atoms with van der Waals surface area (Å²) in [6.45, 7) is 21.1. The maximum absolute atomic E-state index is 12.8. The van der Waals surface area contributed by atoms with Crippen LogP contribution in [0.25, 0.3) is 0 Å². The van der Waals surface area contributed by atoms with Crippen molar-refractivity contribution in [2.45, 2.75) is 96.1 Å². The molecule has 0 fully saturated rings. The van der Waals surface area contributed by atoms with E-state index in [1.165, 1.54) is 0 Å². The van der Waals surface area contributed by atoms with Gasteiger partial charge in [0.05, 0.1) is 11.4 Å². The van der Waals surface area contributed by atoms with Gasteiger partial charge in [0.1, 0.15) is 0 Å². The molecule has 0 aliphatic heterocycles. The van der Waals surface area contributed by atoms with Crippen molar-refractivity contribution in [3.05, 3.63) is 70.3 Å². The van der Waals surface area contributed by atoms with Gasteiger partial charge < -0.3 is 8.85 Å². The van der Waals surface area contributed by atoms with Gasteiger partial charge in [-0.15, -0.1) is 0 Å². The first kappa shape index (κ1) is 28.3. The third kappa shape index (κ3) is 6.59. The molecule has 2 unspecified atom stereocenters. The smallest absolute Gasteiger partial charge is 0.273 e. The molecule has 0 bridgehead atoms. The molecule has 188 valence electrons. The van der Waals surface area contributed by atoms with E-state index in [-0.39, 0.29) is 15.0 Å². The number of rotatable bonds is 9. The van der Waals surface area contributed by atoms with Crippen molar-refractivity contribution in [3.63, 3.8) is 0 Å². The molecule has 0 saturated heterocycles. The van der Waals surface area contributed by atoms with Gasteiger partial charge in [0.25, 0.3) is 6.04 Å². The molecule has 0 aliphatic carbocycles. The predicted octanol–water partition coefficient (Wildman–Crippen LogP) is 6.95. The van der Waals surface area contributed by atoms with Gasteiger partial charge in [0.2, 0.25) is 0 Å². The lowest BCUT2D eigenvalue weighted by molar-refractivity contribution is -0.547. The van der Waals surface area contributed by atoms with Crippen molar-refractivity contribution in [1.82, 2.24) is 9.97 Å². The molecule has 2 aromatic heterocycles. The lowest BCUT2D eigenvalue weighted by atomic mass is 9.99. The van der Waals surface area contributed by atoms with Gasteiger partial charge in [-0.2, -0.15) is 0 Å². The molecule has 0 saturated carbocycles. The summed E-state index contributed by atoms with van der Waals surface area (Å²) >= 11 is 0. The Labute approximate surface area is 206 Å². The molecule has 2 heterocycles. The minimum absolute atomic E-state index is 0.137. The third-order valence-corrected chi connectivity index (χ3v) is 16.2. The highest BCUT2D eigenvalue weighted by molar-refractivity contribution is 6.74. The Hall–Kier alpha value is -1.95. The summed E-state index contributed by atoms with van der Waals surface area (Å²) in [5, 5.41) is 12.5. The fourth-order valence-corrected chi connectivity index (χ4v) is 5.56. The van der Waals surface area contributed by atoms with Crippen LogP contribution in [0.2, 0.25) is 36.3 Å². The maximum Gasteiger partial charge on any atom is 0.273 e. The zero-order chi connectivity index (χ0) is 25.9. The maximum atomic E-state index is 12.8. The monoisotopic (exact) mass is 503 g/mol. The summed E-state index contributed by atoms with van der Waals surface area (Å²) in [4.78, 5) is 21.6. The molecule has 0 aliphatic rings. The lowest BCUT2D eigenvalue weighted by Crippen LogP contribution is -2.50.